The van der Waals surface area contributed by atoms with Crippen LogP contribution in [0.2, 0.25) is 0 Å². The second-order valence-electron chi connectivity index (χ2n) is 8.48. The topological polar surface area (TPSA) is 77.8 Å². The summed E-state index contributed by atoms with van der Waals surface area (Å²) in [5, 5.41) is 29.6. The van der Waals surface area contributed by atoms with E-state index in [1.807, 2.05) is 37.3 Å². The number of rotatable bonds is 9. The summed E-state index contributed by atoms with van der Waals surface area (Å²) in [7, 11) is 0. The molecule has 0 spiro atoms. The van der Waals surface area contributed by atoms with E-state index in [1.54, 1.807) is 0 Å². The Kier molecular flexibility index (Phi) is 7.08. The maximum Gasteiger partial charge on any atom is 0.303 e. The molecule has 3 N–H and O–H groups in total. The second-order valence-corrected chi connectivity index (χ2v) is 8.48. The summed E-state index contributed by atoms with van der Waals surface area (Å²) < 4.78 is 0. The summed E-state index contributed by atoms with van der Waals surface area (Å²) >= 11 is 0. The van der Waals surface area contributed by atoms with Crippen molar-refractivity contribution >= 4 is 5.97 Å². The minimum Gasteiger partial charge on any atom is -0.481 e. The highest BCUT2D eigenvalue weighted by atomic mass is 16.4. The van der Waals surface area contributed by atoms with E-state index in [2.05, 4.69) is 12.1 Å². The van der Waals surface area contributed by atoms with Gasteiger partial charge in [-0.3, -0.25) is 4.79 Å². The van der Waals surface area contributed by atoms with Gasteiger partial charge in [0.05, 0.1) is 12.2 Å². The maximum atomic E-state index is 10.6. The Morgan fingerprint density at radius 1 is 1.32 bits per heavy atom. The van der Waals surface area contributed by atoms with Crippen molar-refractivity contribution in [1.82, 2.24) is 0 Å². The van der Waals surface area contributed by atoms with Crippen LogP contribution in [0, 0.1) is 24.7 Å². The summed E-state index contributed by atoms with van der Waals surface area (Å²) in [6, 6.07) is 8.18. The highest BCUT2D eigenvalue weighted by molar-refractivity contribution is 5.66. The molecule has 1 saturated carbocycles. The normalized spacial score (nSPS) is 27.8. The highest BCUT2D eigenvalue weighted by Crippen LogP contribution is 2.48. The number of aliphatic carboxylic acids is 1. The lowest BCUT2D eigenvalue weighted by Gasteiger charge is -2.19. The van der Waals surface area contributed by atoms with Gasteiger partial charge in [0.15, 0.2) is 0 Å². The van der Waals surface area contributed by atoms with Crippen molar-refractivity contribution < 1.29 is 20.1 Å². The Morgan fingerprint density at radius 2 is 2.14 bits per heavy atom. The molecular weight excluding hydrogens is 352 g/mol. The molecule has 28 heavy (non-hydrogen) atoms. The third-order valence-electron chi connectivity index (χ3n) is 6.17. The SMILES string of the molecule is Cc1cccc(CC(O)/C=C/C2C(O)CC3C=C(CCCCC(=O)O)CC32)c1. The molecule has 1 aromatic rings. The fourth-order valence-corrected chi connectivity index (χ4v) is 4.82. The molecule has 4 heteroatoms. The number of benzene rings is 1. The lowest BCUT2D eigenvalue weighted by atomic mass is 9.88. The van der Waals surface area contributed by atoms with Crippen LogP contribution in [0.3, 0.4) is 0 Å². The van der Waals surface area contributed by atoms with Gasteiger partial charge in [-0.1, -0.05) is 53.6 Å². The van der Waals surface area contributed by atoms with Crippen molar-refractivity contribution in [2.24, 2.45) is 17.8 Å². The summed E-state index contributed by atoms with van der Waals surface area (Å²) in [5.41, 5.74) is 3.72. The Labute approximate surface area is 167 Å². The molecule has 152 valence electrons. The molecule has 0 heterocycles. The van der Waals surface area contributed by atoms with Gasteiger partial charge in [0.25, 0.3) is 0 Å². The van der Waals surface area contributed by atoms with Gasteiger partial charge in [-0.2, -0.15) is 0 Å². The molecule has 0 aromatic heterocycles. The summed E-state index contributed by atoms with van der Waals surface area (Å²) in [5.74, 6) is 0.180. The van der Waals surface area contributed by atoms with Gasteiger partial charge in [-0.05, 0) is 56.4 Å². The van der Waals surface area contributed by atoms with E-state index < -0.39 is 12.1 Å². The van der Waals surface area contributed by atoms with Gasteiger partial charge in [0.2, 0.25) is 0 Å². The maximum absolute atomic E-state index is 10.6. The first-order chi connectivity index (χ1) is 13.4. The van der Waals surface area contributed by atoms with Gasteiger partial charge < -0.3 is 15.3 Å². The summed E-state index contributed by atoms with van der Waals surface area (Å²) in [6.07, 6.45) is 10.5. The third kappa shape index (κ3) is 5.55. The lowest BCUT2D eigenvalue weighted by molar-refractivity contribution is -0.137. The van der Waals surface area contributed by atoms with Gasteiger partial charge in [-0.25, -0.2) is 0 Å². The molecule has 0 saturated heterocycles. The van der Waals surface area contributed by atoms with Gasteiger partial charge >= 0.3 is 5.97 Å². The van der Waals surface area contributed by atoms with E-state index >= 15 is 0 Å². The monoisotopic (exact) mass is 384 g/mol. The van der Waals surface area contributed by atoms with Crippen molar-refractivity contribution in [1.29, 1.82) is 0 Å². The Morgan fingerprint density at radius 3 is 2.89 bits per heavy atom. The minimum atomic E-state index is -0.727. The number of aliphatic hydroxyl groups excluding tert-OH is 2. The van der Waals surface area contributed by atoms with Gasteiger partial charge in [-0.15, -0.1) is 0 Å². The Bertz CT molecular complexity index is 736. The highest BCUT2D eigenvalue weighted by Gasteiger charge is 2.43. The van der Waals surface area contributed by atoms with Crippen LogP contribution in [0.1, 0.15) is 49.7 Å². The lowest BCUT2D eigenvalue weighted by Crippen LogP contribution is -2.18. The fourth-order valence-electron chi connectivity index (χ4n) is 4.82. The molecule has 0 radical (unpaired) electrons. The molecule has 2 aliphatic carbocycles. The number of hydrogen-bond acceptors (Lipinski definition) is 3. The van der Waals surface area contributed by atoms with Crippen molar-refractivity contribution in [3.63, 3.8) is 0 Å². The van der Waals surface area contributed by atoms with E-state index in [0.29, 0.717) is 18.3 Å². The van der Waals surface area contributed by atoms with Gasteiger partial charge in [0, 0.05) is 18.8 Å². The number of unbranched alkanes of at least 4 members (excludes halogenated alkanes) is 1. The minimum absolute atomic E-state index is 0.0879. The number of carbonyl (C=O) groups is 1. The summed E-state index contributed by atoms with van der Waals surface area (Å²) in [6.45, 7) is 2.05. The molecule has 1 aromatic carbocycles. The first-order valence-corrected chi connectivity index (χ1v) is 10.4. The molecule has 0 aliphatic heterocycles. The van der Waals surface area contributed by atoms with Crippen molar-refractivity contribution in [3.05, 3.63) is 59.2 Å². The molecule has 0 bridgehead atoms. The first kappa shape index (κ1) is 20.8. The molecule has 1 fully saturated rings. The number of fused-ring (bicyclic) bond motifs is 1. The van der Waals surface area contributed by atoms with Crippen LogP contribution in [0.4, 0.5) is 0 Å². The van der Waals surface area contributed by atoms with Crippen LogP contribution < -0.4 is 0 Å². The zero-order valence-corrected chi connectivity index (χ0v) is 16.6. The van der Waals surface area contributed by atoms with Crippen LogP contribution in [0.25, 0.3) is 0 Å². The molecular formula is C24H32O4. The number of hydrogen-bond donors (Lipinski definition) is 3. The van der Waals surface area contributed by atoms with Gasteiger partial charge in [0.1, 0.15) is 0 Å². The van der Waals surface area contributed by atoms with Crippen molar-refractivity contribution in [2.45, 2.75) is 64.1 Å². The number of carboxylic acid groups (broad SMARTS) is 1. The number of allylic oxidation sites excluding steroid dienone is 2. The van der Waals surface area contributed by atoms with Crippen LogP contribution >= 0.6 is 0 Å². The summed E-state index contributed by atoms with van der Waals surface area (Å²) in [4.78, 5) is 10.6. The molecule has 3 rings (SSSR count). The molecule has 0 amide bonds. The van der Waals surface area contributed by atoms with Crippen molar-refractivity contribution in [2.75, 3.05) is 0 Å². The van der Waals surface area contributed by atoms with Crippen LogP contribution in [-0.4, -0.2) is 33.5 Å². The fraction of sp³-hybridized carbons (Fsp3) is 0.542. The largest absolute Gasteiger partial charge is 0.481 e. The predicted octanol–water partition coefficient (Wildman–Crippen LogP) is 4.04. The molecule has 5 atom stereocenters. The van der Waals surface area contributed by atoms with E-state index in [9.17, 15) is 15.0 Å². The number of aryl methyl sites for hydroxylation is 1. The van der Waals surface area contributed by atoms with E-state index in [-0.39, 0.29) is 18.4 Å². The van der Waals surface area contributed by atoms with E-state index in [4.69, 9.17) is 5.11 Å². The zero-order chi connectivity index (χ0) is 20.1. The van der Waals surface area contributed by atoms with E-state index in [1.165, 1.54) is 11.1 Å². The number of aliphatic hydroxyl groups is 2. The zero-order valence-electron chi connectivity index (χ0n) is 16.6. The smallest absolute Gasteiger partial charge is 0.303 e. The van der Waals surface area contributed by atoms with Crippen LogP contribution in [0.5, 0.6) is 0 Å². The average Bonchev–Trinajstić information content (AvgIpc) is 3.13. The second kappa shape index (κ2) is 9.53. The van der Waals surface area contributed by atoms with Crippen LogP contribution in [-0.2, 0) is 11.2 Å². The third-order valence-corrected chi connectivity index (χ3v) is 6.17. The predicted molar refractivity (Wildman–Crippen MR) is 110 cm³/mol. The number of carboxylic acids is 1. The quantitative estimate of drug-likeness (QED) is 0.443. The Hall–Kier alpha value is -1.91. The standard InChI is InChI=1S/C24H32O4/c1-16-5-4-7-17(11-16)13-20(25)9-10-21-22-14-18(6-2-3-8-24(27)28)12-19(22)15-23(21)26/h4-5,7,9-12,19-23,25-26H,2-3,6,8,13-15H2,1H3,(H,27,28)/b10-9+. The van der Waals surface area contributed by atoms with Crippen LogP contribution in [0.15, 0.2) is 48.1 Å². The Balaban J connectivity index is 1.51. The molecule has 4 nitrogen and oxygen atoms in total. The van der Waals surface area contributed by atoms with Crippen molar-refractivity contribution in [3.8, 4) is 0 Å². The molecule has 2 aliphatic rings. The van der Waals surface area contributed by atoms with E-state index in [0.717, 1.165) is 37.7 Å². The molecule has 5 unspecified atom stereocenters. The average molecular weight is 385 g/mol. The first-order valence-electron chi connectivity index (χ1n) is 10.4.